The first-order valence-corrected chi connectivity index (χ1v) is 8.58. The van der Waals surface area contributed by atoms with E-state index in [4.69, 9.17) is 0 Å². The summed E-state index contributed by atoms with van der Waals surface area (Å²) in [7, 11) is 2.24. The second-order valence-electron chi connectivity index (χ2n) is 7.28. The maximum Gasteiger partial charge on any atom is 0.0363 e. The zero-order valence-corrected chi connectivity index (χ0v) is 14.1. The van der Waals surface area contributed by atoms with Crippen LogP contribution < -0.4 is 10.2 Å². The lowest BCUT2D eigenvalue weighted by atomic mass is 9.73. The van der Waals surface area contributed by atoms with Gasteiger partial charge < -0.3 is 10.2 Å². The summed E-state index contributed by atoms with van der Waals surface area (Å²) in [5.74, 6) is 0.734. The van der Waals surface area contributed by atoms with Gasteiger partial charge in [-0.15, -0.1) is 0 Å². The Balaban J connectivity index is 1.98. The smallest absolute Gasteiger partial charge is 0.0363 e. The van der Waals surface area contributed by atoms with E-state index in [1.165, 1.54) is 50.9 Å². The van der Waals surface area contributed by atoms with E-state index in [2.05, 4.69) is 61.4 Å². The van der Waals surface area contributed by atoms with E-state index < -0.39 is 0 Å². The Morgan fingerprint density at radius 2 is 1.76 bits per heavy atom. The van der Waals surface area contributed by atoms with Crippen LogP contribution in [0.1, 0.15) is 46.0 Å². The molecule has 2 rings (SSSR count). The lowest BCUT2D eigenvalue weighted by Gasteiger charge is -2.41. The van der Waals surface area contributed by atoms with Crippen molar-refractivity contribution in [2.75, 3.05) is 31.6 Å². The number of nitrogens with one attached hydrogen (secondary N) is 1. The Hall–Kier alpha value is -1.02. The average Bonchev–Trinajstić information content (AvgIpc) is 2.48. The van der Waals surface area contributed by atoms with E-state index in [1.54, 1.807) is 0 Å². The quantitative estimate of drug-likeness (QED) is 0.804. The van der Waals surface area contributed by atoms with Crippen LogP contribution in [0.4, 0.5) is 5.69 Å². The molecular weight excluding hydrogens is 256 g/mol. The second kappa shape index (κ2) is 7.84. The summed E-state index contributed by atoms with van der Waals surface area (Å²) in [5.41, 5.74) is 1.80. The molecule has 1 aromatic carbocycles. The fraction of sp³-hybridized carbons (Fsp3) is 0.684. The number of hydrogen-bond acceptors (Lipinski definition) is 2. The highest BCUT2D eigenvalue weighted by atomic mass is 15.1. The highest BCUT2D eigenvalue weighted by molar-refractivity contribution is 5.45. The summed E-state index contributed by atoms with van der Waals surface area (Å²) < 4.78 is 0. The third-order valence-electron chi connectivity index (χ3n) is 4.74. The predicted molar refractivity (Wildman–Crippen MR) is 92.9 cm³/mol. The molecule has 0 saturated heterocycles. The third kappa shape index (κ3) is 5.03. The van der Waals surface area contributed by atoms with E-state index in [0.717, 1.165) is 12.5 Å². The van der Waals surface area contributed by atoms with Gasteiger partial charge in [0.05, 0.1) is 0 Å². The van der Waals surface area contributed by atoms with Crippen LogP contribution in [-0.2, 0) is 0 Å². The lowest BCUT2D eigenvalue weighted by Crippen LogP contribution is -2.45. The van der Waals surface area contributed by atoms with Crippen LogP contribution >= 0.6 is 0 Å². The number of hydrogen-bond donors (Lipinski definition) is 1. The van der Waals surface area contributed by atoms with Crippen molar-refractivity contribution < 1.29 is 0 Å². The van der Waals surface area contributed by atoms with Crippen molar-refractivity contribution in [1.82, 2.24) is 5.32 Å². The molecule has 0 atom stereocenters. The van der Waals surface area contributed by atoms with Crippen LogP contribution in [0.2, 0.25) is 0 Å². The average molecular weight is 288 g/mol. The van der Waals surface area contributed by atoms with Gasteiger partial charge in [0.15, 0.2) is 0 Å². The van der Waals surface area contributed by atoms with Gasteiger partial charge in [-0.25, -0.2) is 0 Å². The first kappa shape index (κ1) is 16.4. The zero-order valence-electron chi connectivity index (χ0n) is 14.1. The molecule has 1 aliphatic rings. The van der Waals surface area contributed by atoms with E-state index in [9.17, 15) is 0 Å². The Labute approximate surface area is 130 Å². The monoisotopic (exact) mass is 288 g/mol. The van der Waals surface area contributed by atoms with E-state index in [1.807, 2.05) is 0 Å². The molecule has 1 aliphatic carbocycles. The van der Waals surface area contributed by atoms with Gasteiger partial charge in [0.1, 0.15) is 0 Å². The normalized spacial score (nSPS) is 17.9. The molecule has 0 unspecified atom stereocenters. The largest absolute Gasteiger partial charge is 0.374 e. The first-order valence-electron chi connectivity index (χ1n) is 8.58. The number of anilines is 1. The summed E-state index contributed by atoms with van der Waals surface area (Å²) in [4.78, 5) is 2.45. The molecule has 2 nitrogen and oxygen atoms in total. The van der Waals surface area contributed by atoms with Crippen LogP contribution in [0.15, 0.2) is 30.3 Å². The Kier molecular flexibility index (Phi) is 6.10. The molecule has 1 saturated carbocycles. The van der Waals surface area contributed by atoms with Crippen LogP contribution in [0.3, 0.4) is 0 Å². The molecule has 2 heteroatoms. The van der Waals surface area contributed by atoms with Crippen molar-refractivity contribution in [1.29, 1.82) is 0 Å². The van der Waals surface area contributed by atoms with Gasteiger partial charge in [-0.3, -0.25) is 0 Å². The number of para-hydroxylation sites is 1. The van der Waals surface area contributed by atoms with Gasteiger partial charge in [0.2, 0.25) is 0 Å². The van der Waals surface area contributed by atoms with Gasteiger partial charge in [0, 0.05) is 31.2 Å². The van der Waals surface area contributed by atoms with Crippen LogP contribution in [0.25, 0.3) is 0 Å². The molecule has 0 heterocycles. The second-order valence-corrected chi connectivity index (χ2v) is 7.28. The Bertz CT molecular complexity index is 393. The van der Waals surface area contributed by atoms with Crippen molar-refractivity contribution in [3.63, 3.8) is 0 Å². The van der Waals surface area contributed by atoms with Gasteiger partial charge in [0.25, 0.3) is 0 Å². The maximum absolute atomic E-state index is 3.73. The zero-order chi connectivity index (χ0) is 15.1. The number of nitrogens with zero attached hydrogens (tertiary/aromatic N) is 1. The van der Waals surface area contributed by atoms with E-state index in [0.29, 0.717) is 5.41 Å². The Morgan fingerprint density at radius 3 is 2.38 bits per heavy atom. The summed E-state index contributed by atoms with van der Waals surface area (Å²) in [6.07, 6.45) is 6.95. The third-order valence-corrected chi connectivity index (χ3v) is 4.74. The molecule has 118 valence electrons. The van der Waals surface area contributed by atoms with E-state index in [-0.39, 0.29) is 0 Å². The molecule has 0 bridgehead atoms. The molecule has 1 N–H and O–H groups in total. The maximum atomic E-state index is 3.73. The standard InChI is InChI=1S/C19H32N2/c1-17(2)14-20-15-19(12-8-5-9-13-19)16-21(3)18-10-6-4-7-11-18/h4,6-7,10-11,17,20H,5,8-9,12-16H2,1-3H3. The first-order chi connectivity index (χ1) is 10.1. The molecule has 1 fully saturated rings. The van der Waals surface area contributed by atoms with Crippen molar-refractivity contribution in [2.45, 2.75) is 46.0 Å². The summed E-state index contributed by atoms with van der Waals surface area (Å²) >= 11 is 0. The van der Waals surface area contributed by atoms with Crippen LogP contribution in [0, 0.1) is 11.3 Å². The molecule has 0 amide bonds. The summed E-state index contributed by atoms with van der Waals surface area (Å²) in [6, 6.07) is 10.8. The van der Waals surface area contributed by atoms with E-state index >= 15 is 0 Å². The van der Waals surface area contributed by atoms with Crippen LogP contribution in [-0.4, -0.2) is 26.7 Å². The molecule has 1 aromatic rings. The van der Waals surface area contributed by atoms with Crippen LogP contribution in [0.5, 0.6) is 0 Å². The fourth-order valence-corrected chi connectivity index (χ4v) is 3.60. The number of rotatable bonds is 7. The highest BCUT2D eigenvalue weighted by Gasteiger charge is 2.33. The van der Waals surface area contributed by atoms with Crippen molar-refractivity contribution in [2.24, 2.45) is 11.3 Å². The molecule has 0 aromatic heterocycles. The molecule has 0 radical (unpaired) electrons. The number of benzene rings is 1. The molecule has 21 heavy (non-hydrogen) atoms. The molecule has 0 spiro atoms. The van der Waals surface area contributed by atoms with Gasteiger partial charge in [-0.1, -0.05) is 51.3 Å². The van der Waals surface area contributed by atoms with Gasteiger partial charge >= 0.3 is 0 Å². The highest BCUT2D eigenvalue weighted by Crippen LogP contribution is 2.37. The van der Waals surface area contributed by atoms with Crippen molar-refractivity contribution in [3.8, 4) is 0 Å². The Morgan fingerprint density at radius 1 is 1.10 bits per heavy atom. The minimum absolute atomic E-state index is 0.456. The molecular formula is C19H32N2. The summed E-state index contributed by atoms with van der Waals surface area (Å²) in [5, 5.41) is 3.73. The topological polar surface area (TPSA) is 15.3 Å². The minimum Gasteiger partial charge on any atom is -0.374 e. The van der Waals surface area contributed by atoms with Crippen molar-refractivity contribution in [3.05, 3.63) is 30.3 Å². The minimum atomic E-state index is 0.456. The fourth-order valence-electron chi connectivity index (χ4n) is 3.60. The summed E-state index contributed by atoms with van der Waals surface area (Å²) in [6.45, 7) is 8.05. The van der Waals surface area contributed by atoms with Gasteiger partial charge in [-0.05, 0) is 37.4 Å². The van der Waals surface area contributed by atoms with Gasteiger partial charge in [-0.2, -0.15) is 0 Å². The predicted octanol–water partition coefficient (Wildman–Crippen LogP) is 4.32. The molecule has 0 aliphatic heterocycles. The lowest BCUT2D eigenvalue weighted by molar-refractivity contribution is 0.187. The SMILES string of the molecule is CC(C)CNCC1(CN(C)c2ccccc2)CCCCC1. The van der Waals surface area contributed by atoms with Crippen molar-refractivity contribution >= 4 is 5.69 Å².